The van der Waals surface area contributed by atoms with Crippen LogP contribution in [0.1, 0.15) is 13.3 Å². The Bertz CT molecular complexity index is 272. The first-order chi connectivity index (χ1) is 6.18. The maximum atomic E-state index is 10.4. The highest BCUT2D eigenvalue weighted by Crippen LogP contribution is 2.08. The van der Waals surface area contributed by atoms with Gasteiger partial charge in [-0.2, -0.15) is 0 Å². The molecule has 0 bridgehead atoms. The van der Waals surface area contributed by atoms with Gasteiger partial charge in [-0.05, 0) is 19.1 Å². The molecule has 2 N–H and O–H groups in total. The molecule has 1 atom stereocenters. The molecule has 1 unspecified atom stereocenters. The molecule has 1 rings (SSSR count). The Hall–Kier alpha value is -1.51. The third-order valence-electron chi connectivity index (χ3n) is 1.67. The van der Waals surface area contributed by atoms with Crippen LogP contribution >= 0.6 is 0 Å². The lowest BCUT2D eigenvalue weighted by molar-refractivity contribution is -0.137. The van der Waals surface area contributed by atoms with E-state index in [-0.39, 0.29) is 12.5 Å². The number of benzene rings is 1. The second-order valence-electron chi connectivity index (χ2n) is 3.01. The number of rotatable bonds is 4. The topological polar surface area (TPSA) is 49.3 Å². The SMILES string of the molecule is CC(CC(=O)O)Nc1ccccc1. The molecule has 0 fully saturated rings. The van der Waals surface area contributed by atoms with Gasteiger partial charge in [0.1, 0.15) is 0 Å². The van der Waals surface area contributed by atoms with Crippen molar-refractivity contribution in [2.75, 3.05) is 5.32 Å². The van der Waals surface area contributed by atoms with Crippen LogP contribution in [0.3, 0.4) is 0 Å². The molecule has 0 saturated heterocycles. The van der Waals surface area contributed by atoms with Crippen molar-refractivity contribution in [2.24, 2.45) is 0 Å². The third kappa shape index (κ3) is 3.60. The molecular weight excluding hydrogens is 166 g/mol. The lowest BCUT2D eigenvalue weighted by Gasteiger charge is -2.12. The van der Waals surface area contributed by atoms with E-state index >= 15 is 0 Å². The Morgan fingerprint density at radius 3 is 2.62 bits per heavy atom. The number of carboxylic acid groups (broad SMARTS) is 1. The molecule has 0 aliphatic heterocycles. The van der Waals surface area contributed by atoms with E-state index in [2.05, 4.69) is 5.32 Å². The summed E-state index contributed by atoms with van der Waals surface area (Å²) < 4.78 is 0. The van der Waals surface area contributed by atoms with E-state index in [4.69, 9.17) is 5.11 Å². The molecule has 13 heavy (non-hydrogen) atoms. The highest BCUT2D eigenvalue weighted by molar-refractivity contribution is 5.68. The Kier molecular flexibility index (Phi) is 3.31. The summed E-state index contributed by atoms with van der Waals surface area (Å²) in [6.45, 7) is 1.85. The number of carboxylic acids is 1. The van der Waals surface area contributed by atoms with Gasteiger partial charge in [0, 0.05) is 11.7 Å². The van der Waals surface area contributed by atoms with Crippen molar-refractivity contribution in [2.45, 2.75) is 19.4 Å². The van der Waals surface area contributed by atoms with E-state index < -0.39 is 5.97 Å². The summed E-state index contributed by atoms with van der Waals surface area (Å²) in [5.74, 6) is -0.782. The Labute approximate surface area is 77.4 Å². The van der Waals surface area contributed by atoms with Gasteiger partial charge in [0.05, 0.1) is 6.42 Å². The minimum atomic E-state index is -0.782. The zero-order valence-electron chi connectivity index (χ0n) is 7.53. The molecule has 3 heteroatoms. The van der Waals surface area contributed by atoms with E-state index in [0.717, 1.165) is 5.69 Å². The highest BCUT2D eigenvalue weighted by atomic mass is 16.4. The van der Waals surface area contributed by atoms with Gasteiger partial charge in [-0.1, -0.05) is 18.2 Å². The highest BCUT2D eigenvalue weighted by Gasteiger charge is 2.05. The van der Waals surface area contributed by atoms with Crippen molar-refractivity contribution < 1.29 is 9.90 Å². The van der Waals surface area contributed by atoms with Crippen LogP contribution in [0.4, 0.5) is 5.69 Å². The fraction of sp³-hybridized carbons (Fsp3) is 0.300. The van der Waals surface area contributed by atoms with Gasteiger partial charge in [0.2, 0.25) is 0 Å². The number of anilines is 1. The van der Waals surface area contributed by atoms with Crippen LogP contribution < -0.4 is 5.32 Å². The fourth-order valence-corrected chi connectivity index (χ4v) is 1.13. The number of hydrogen-bond acceptors (Lipinski definition) is 2. The maximum absolute atomic E-state index is 10.4. The molecule has 70 valence electrons. The zero-order chi connectivity index (χ0) is 9.68. The van der Waals surface area contributed by atoms with Crippen LogP contribution in [0.25, 0.3) is 0 Å². The molecule has 3 nitrogen and oxygen atoms in total. The summed E-state index contributed by atoms with van der Waals surface area (Å²) in [7, 11) is 0. The first-order valence-electron chi connectivity index (χ1n) is 4.22. The van der Waals surface area contributed by atoms with Gasteiger partial charge in [-0.25, -0.2) is 0 Å². The lowest BCUT2D eigenvalue weighted by Crippen LogP contribution is -2.19. The smallest absolute Gasteiger partial charge is 0.305 e. The van der Waals surface area contributed by atoms with Crippen molar-refractivity contribution in [1.29, 1.82) is 0 Å². The minimum Gasteiger partial charge on any atom is -0.481 e. The molecule has 0 aliphatic carbocycles. The van der Waals surface area contributed by atoms with E-state index in [1.165, 1.54) is 0 Å². The van der Waals surface area contributed by atoms with E-state index in [0.29, 0.717) is 0 Å². The largest absolute Gasteiger partial charge is 0.481 e. The molecule has 1 aromatic carbocycles. The van der Waals surface area contributed by atoms with Gasteiger partial charge >= 0.3 is 5.97 Å². The molecule has 0 aliphatic rings. The van der Waals surface area contributed by atoms with Crippen LogP contribution in [-0.4, -0.2) is 17.1 Å². The predicted molar refractivity (Wildman–Crippen MR) is 51.8 cm³/mol. The molecule has 0 saturated carbocycles. The summed E-state index contributed by atoms with van der Waals surface area (Å²) in [5, 5.41) is 11.6. The normalized spacial score (nSPS) is 12.1. The standard InChI is InChI=1S/C10H13NO2/c1-8(7-10(12)13)11-9-5-3-2-4-6-9/h2-6,8,11H,7H2,1H3,(H,12,13). The summed E-state index contributed by atoms with van der Waals surface area (Å²) in [6, 6.07) is 9.54. The van der Waals surface area contributed by atoms with Crippen molar-refractivity contribution in [3.05, 3.63) is 30.3 Å². The molecule has 0 aromatic heterocycles. The molecule has 0 spiro atoms. The Morgan fingerprint density at radius 2 is 2.08 bits per heavy atom. The van der Waals surface area contributed by atoms with Crippen LogP contribution in [0.15, 0.2) is 30.3 Å². The fourth-order valence-electron chi connectivity index (χ4n) is 1.13. The average Bonchev–Trinajstić information content (AvgIpc) is 2.04. The molecular formula is C10H13NO2. The number of carbonyl (C=O) groups is 1. The quantitative estimate of drug-likeness (QED) is 0.742. The maximum Gasteiger partial charge on any atom is 0.305 e. The second kappa shape index (κ2) is 4.50. The Balaban J connectivity index is 2.45. The van der Waals surface area contributed by atoms with Crippen LogP contribution in [0.5, 0.6) is 0 Å². The van der Waals surface area contributed by atoms with Crippen molar-refractivity contribution in [3.8, 4) is 0 Å². The average molecular weight is 179 g/mol. The molecule has 0 radical (unpaired) electrons. The predicted octanol–water partition coefficient (Wildman–Crippen LogP) is 1.96. The molecule has 0 heterocycles. The van der Waals surface area contributed by atoms with Crippen LogP contribution in [0, 0.1) is 0 Å². The van der Waals surface area contributed by atoms with E-state index in [9.17, 15) is 4.79 Å². The minimum absolute atomic E-state index is 0.0418. The van der Waals surface area contributed by atoms with E-state index in [1.54, 1.807) is 0 Å². The van der Waals surface area contributed by atoms with Gasteiger partial charge < -0.3 is 10.4 Å². The summed E-state index contributed by atoms with van der Waals surface area (Å²) in [5.41, 5.74) is 0.955. The second-order valence-corrected chi connectivity index (χ2v) is 3.01. The number of nitrogens with one attached hydrogen (secondary N) is 1. The van der Waals surface area contributed by atoms with Crippen molar-refractivity contribution in [3.63, 3.8) is 0 Å². The third-order valence-corrected chi connectivity index (χ3v) is 1.67. The summed E-state index contributed by atoms with van der Waals surface area (Å²) >= 11 is 0. The molecule has 1 aromatic rings. The lowest BCUT2D eigenvalue weighted by atomic mass is 10.2. The molecule has 0 amide bonds. The number of aliphatic carboxylic acids is 1. The summed E-state index contributed by atoms with van der Waals surface area (Å²) in [4.78, 5) is 10.4. The zero-order valence-corrected chi connectivity index (χ0v) is 7.53. The van der Waals surface area contributed by atoms with Gasteiger partial charge in [-0.15, -0.1) is 0 Å². The first-order valence-corrected chi connectivity index (χ1v) is 4.22. The monoisotopic (exact) mass is 179 g/mol. The van der Waals surface area contributed by atoms with Gasteiger partial charge in [0.25, 0.3) is 0 Å². The van der Waals surface area contributed by atoms with E-state index in [1.807, 2.05) is 37.3 Å². The first kappa shape index (κ1) is 9.58. The number of hydrogen-bond donors (Lipinski definition) is 2. The number of para-hydroxylation sites is 1. The van der Waals surface area contributed by atoms with Crippen molar-refractivity contribution >= 4 is 11.7 Å². The Morgan fingerprint density at radius 1 is 1.46 bits per heavy atom. The van der Waals surface area contributed by atoms with Crippen molar-refractivity contribution in [1.82, 2.24) is 0 Å². The van der Waals surface area contributed by atoms with Crippen LogP contribution in [-0.2, 0) is 4.79 Å². The van der Waals surface area contributed by atoms with Gasteiger partial charge in [-0.3, -0.25) is 4.79 Å². The van der Waals surface area contributed by atoms with Gasteiger partial charge in [0.15, 0.2) is 0 Å². The van der Waals surface area contributed by atoms with Crippen LogP contribution in [0.2, 0.25) is 0 Å². The summed E-state index contributed by atoms with van der Waals surface area (Å²) in [6.07, 6.45) is 0.134.